The summed E-state index contributed by atoms with van der Waals surface area (Å²) < 4.78 is 11.4. The predicted molar refractivity (Wildman–Crippen MR) is 110 cm³/mol. The lowest BCUT2D eigenvalue weighted by molar-refractivity contribution is -0.144. The van der Waals surface area contributed by atoms with Gasteiger partial charge in [0.2, 0.25) is 0 Å². The fraction of sp³-hybridized carbons (Fsp3) is 0.542. The molecule has 0 amide bonds. The van der Waals surface area contributed by atoms with Crippen LogP contribution in [0.25, 0.3) is 0 Å². The molecule has 1 heterocycles. The number of ether oxygens (including phenoxy) is 2. The van der Waals surface area contributed by atoms with Crippen molar-refractivity contribution < 1.29 is 14.3 Å². The number of benzene rings is 1. The lowest BCUT2D eigenvalue weighted by atomic mass is 9.89. The monoisotopic (exact) mass is 370 g/mol. The summed E-state index contributed by atoms with van der Waals surface area (Å²) in [6.07, 6.45) is 9.99. The lowest BCUT2D eigenvalue weighted by Crippen LogP contribution is -2.22. The van der Waals surface area contributed by atoms with Gasteiger partial charge in [-0.25, -0.2) is 0 Å². The topological polar surface area (TPSA) is 35.5 Å². The number of carbonyl (C=O) groups excluding carboxylic acids is 1. The minimum atomic E-state index is -0.200. The summed E-state index contributed by atoms with van der Waals surface area (Å²) >= 11 is 0. The second-order valence-electron chi connectivity index (χ2n) is 7.74. The van der Waals surface area contributed by atoms with Crippen LogP contribution in [0, 0.1) is 17.8 Å². The van der Waals surface area contributed by atoms with Gasteiger partial charge in [0.1, 0.15) is 6.10 Å². The molecule has 0 spiro atoms. The Morgan fingerprint density at radius 1 is 1.30 bits per heavy atom. The minimum Gasteiger partial charge on any atom is -0.457 e. The number of allylic oxidation sites excluding steroid dienone is 3. The second kappa shape index (κ2) is 11.1. The standard InChI is InChI=1S/C24H34O3/c1-5-6-11-18(2)12-10-13-19(3)23-20(4)22(24(25)27-23)17-26-16-21-14-8-7-9-15-21/h7-10,12-15,18,20,22-23H,5-6,11,16-17H2,1-4H3/b12-10+,19-13+/t18-,20+,22+,23-/m1/s1. The van der Waals surface area contributed by atoms with Crippen LogP contribution in [0.1, 0.15) is 52.5 Å². The van der Waals surface area contributed by atoms with Crippen molar-refractivity contribution in [1.82, 2.24) is 0 Å². The van der Waals surface area contributed by atoms with Gasteiger partial charge in [0, 0.05) is 5.92 Å². The third-order valence-electron chi connectivity index (χ3n) is 5.33. The molecule has 2 rings (SSSR count). The van der Waals surface area contributed by atoms with Crippen LogP contribution in [-0.2, 0) is 20.9 Å². The Labute approximate surface area is 164 Å². The highest BCUT2D eigenvalue weighted by Crippen LogP contribution is 2.32. The summed E-state index contributed by atoms with van der Waals surface area (Å²) in [6, 6.07) is 10.0. The minimum absolute atomic E-state index is 0.121. The third-order valence-corrected chi connectivity index (χ3v) is 5.33. The molecule has 0 unspecified atom stereocenters. The molecular formula is C24H34O3. The fourth-order valence-electron chi connectivity index (χ4n) is 3.47. The first kappa shape index (κ1) is 21.4. The van der Waals surface area contributed by atoms with Gasteiger partial charge in [-0.1, -0.05) is 82.2 Å². The largest absolute Gasteiger partial charge is 0.457 e. The SMILES string of the molecule is CCCC[C@@H](C)/C=C/C=C(\C)[C@H]1OC(=O)[C@@H](COCc2ccccc2)[C@@H]1C. The Bertz CT molecular complexity index is 632. The van der Waals surface area contributed by atoms with Crippen molar-refractivity contribution in [2.45, 2.75) is 59.7 Å². The average Bonchev–Trinajstić information content (AvgIpc) is 2.95. The van der Waals surface area contributed by atoms with E-state index in [1.807, 2.05) is 37.3 Å². The van der Waals surface area contributed by atoms with Crippen molar-refractivity contribution in [3.63, 3.8) is 0 Å². The van der Waals surface area contributed by atoms with E-state index in [-0.39, 0.29) is 23.9 Å². The number of hydrogen-bond donors (Lipinski definition) is 0. The smallest absolute Gasteiger partial charge is 0.312 e. The number of cyclic esters (lactones) is 1. The summed E-state index contributed by atoms with van der Waals surface area (Å²) in [6.45, 7) is 9.52. The Morgan fingerprint density at radius 2 is 2.04 bits per heavy atom. The molecule has 0 radical (unpaired) electrons. The van der Waals surface area contributed by atoms with Gasteiger partial charge in [0.15, 0.2) is 0 Å². The molecule has 1 aliphatic heterocycles. The van der Waals surface area contributed by atoms with E-state index < -0.39 is 0 Å². The van der Waals surface area contributed by atoms with E-state index in [9.17, 15) is 4.79 Å². The van der Waals surface area contributed by atoms with Crippen LogP contribution in [-0.4, -0.2) is 18.7 Å². The zero-order valence-corrected chi connectivity index (χ0v) is 17.2. The normalized spacial score (nSPS) is 24.4. The highest BCUT2D eigenvalue weighted by atomic mass is 16.6. The summed E-state index contributed by atoms with van der Waals surface area (Å²) in [5.74, 6) is 0.357. The number of carbonyl (C=O) groups is 1. The molecule has 1 aromatic carbocycles. The molecule has 1 aromatic rings. The highest BCUT2D eigenvalue weighted by molar-refractivity contribution is 5.76. The van der Waals surface area contributed by atoms with E-state index >= 15 is 0 Å². The summed E-state index contributed by atoms with van der Waals surface area (Å²) in [5.41, 5.74) is 2.21. The number of unbranched alkanes of at least 4 members (excludes halogenated alkanes) is 1. The summed E-state index contributed by atoms with van der Waals surface area (Å²) in [7, 11) is 0. The Hall–Kier alpha value is -1.87. The Kier molecular flexibility index (Phi) is 8.80. The highest BCUT2D eigenvalue weighted by Gasteiger charge is 2.42. The quantitative estimate of drug-likeness (QED) is 0.391. The number of rotatable bonds is 10. The number of esters is 1. The van der Waals surface area contributed by atoms with Gasteiger partial charge < -0.3 is 9.47 Å². The Morgan fingerprint density at radius 3 is 2.74 bits per heavy atom. The molecule has 3 nitrogen and oxygen atoms in total. The fourth-order valence-corrected chi connectivity index (χ4v) is 3.47. The van der Waals surface area contributed by atoms with Crippen molar-refractivity contribution in [2.24, 2.45) is 17.8 Å². The van der Waals surface area contributed by atoms with E-state index in [1.165, 1.54) is 19.3 Å². The molecule has 148 valence electrons. The number of hydrogen-bond acceptors (Lipinski definition) is 3. The van der Waals surface area contributed by atoms with Gasteiger partial charge in [-0.3, -0.25) is 4.79 Å². The van der Waals surface area contributed by atoms with Gasteiger partial charge >= 0.3 is 5.97 Å². The first-order valence-electron chi connectivity index (χ1n) is 10.2. The molecule has 1 aliphatic rings. The molecule has 27 heavy (non-hydrogen) atoms. The van der Waals surface area contributed by atoms with Crippen molar-refractivity contribution >= 4 is 5.97 Å². The van der Waals surface area contributed by atoms with Crippen LogP contribution < -0.4 is 0 Å². The maximum Gasteiger partial charge on any atom is 0.312 e. The van der Waals surface area contributed by atoms with Crippen LogP contribution in [0.3, 0.4) is 0 Å². The van der Waals surface area contributed by atoms with Crippen LogP contribution >= 0.6 is 0 Å². The van der Waals surface area contributed by atoms with E-state index in [4.69, 9.17) is 9.47 Å². The first-order chi connectivity index (χ1) is 13.0. The molecule has 3 heteroatoms. The van der Waals surface area contributed by atoms with E-state index in [2.05, 4.69) is 39.0 Å². The summed E-state index contributed by atoms with van der Waals surface area (Å²) in [4.78, 5) is 12.3. The third kappa shape index (κ3) is 6.66. The molecule has 0 bridgehead atoms. The van der Waals surface area contributed by atoms with Crippen LogP contribution in [0.15, 0.2) is 54.1 Å². The lowest BCUT2D eigenvalue weighted by Gasteiger charge is -2.17. The van der Waals surface area contributed by atoms with Crippen LogP contribution in [0.4, 0.5) is 0 Å². The molecule has 0 N–H and O–H groups in total. The van der Waals surface area contributed by atoms with E-state index in [0.717, 1.165) is 11.1 Å². The van der Waals surface area contributed by atoms with Gasteiger partial charge in [-0.15, -0.1) is 0 Å². The second-order valence-corrected chi connectivity index (χ2v) is 7.74. The van der Waals surface area contributed by atoms with Crippen molar-refractivity contribution in [3.8, 4) is 0 Å². The van der Waals surface area contributed by atoms with Gasteiger partial charge in [-0.05, 0) is 30.4 Å². The maximum atomic E-state index is 12.3. The van der Waals surface area contributed by atoms with Gasteiger partial charge in [0.05, 0.1) is 19.1 Å². The van der Waals surface area contributed by atoms with E-state index in [1.54, 1.807) is 0 Å². The maximum absolute atomic E-state index is 12.3. The zero-order chi connectivity index (χ0) is 19.6. The molecule has 1 fully saturated rings. The molecule has 4 atom stereocenters. The van der Waals surface area contributed by atoms with E-state index in [0.29, 0.717) is 19.1 Å². The van der Waals surface area contributed by atoms with Crippen molar-refractivity contribution in [2.75, 3.05) is 6.61 Å². The molecule has 0 aliphatic carbocycles. The molecular weight excluding hydrogens is 336 g/mol. The van der Waals surface area contributed by atoms with Gasteiger partial charge in [-0.2, -0.15) is 0 Å². The van der Waals surface area contributed by atoms with Crippen molar-refractivity contribution in [3.05, 3.63) is 59.7 Å². The Balaban J connectivity index is 1.85. The van der Waals surface area contributed by atoms with Gasteiger partial charge in [0.25, 0.3) is 0 Å². The zero-order valence-electron chi connectivity index (χ0n) is 17.2. The van der Waals surface area contributed by atoms with Crippen molar-refractivity contribution in [1.29, 1.82) is 0 Å². The predicted octanol–water partition coefficient (Wildman–Crippen LogP) is 5.71. The molecule has 0 aromatic heterocycles. The summed E-state index contributed by atoms with van der Waals surface area (Å²) in [5, 5.41) is 0. The van der Waals surface area contributed by atoms with Crippen LogP contribution in [0.2, 0.25) is 0 Å². The first-order valence-corrected chi connectivity index (χ1v) is 10.2. The van der Waals surface area contributed by atoms with Crippen LogP contribution in [0.5, 0.6) is 0 Å². The molecule has 0 saturated carbocycles. The molecule has 1 saturated heterocycles. The average molecular weight is 371 g/mol.